The first kappa shape index (κ1) is 13.2. The maximum atomic E-state index is 3.45. The van der Waals surface area contributed by atoms with E-state index in [0.29, 0.717) is 12.0 Å². The molecule has 0 aliphatic rings. The minimum absolute atomic E-state index is 0.588. The summed E-state index contributed by atoms with van der Waals surface area (Å²) in [4.78, 5) is 0. The van der Waals surface area contributed by atoms with Crippen LogP contribution in [0.3, 0.4) is 0 Å². The van der Waals surface area contributed by atoms with Gasteiger partial charge in [0.05, 0.1) is 0 Å². The second-order valence-corrected chi connectivity index (χ2v) is 4.83. The van der Waals surface area contributed by atoms with Gasteiger partial charge in [0.25, 0.3) is 0 Å². The Morgan fingerprint density at radius 1 is 1.25 bits per heavy atom. The van der Waals surface area contributed by atoms with Crippen LogP contribution in [0.4, 0.5) is 0 Å². The van der Waals surface area contributed by atoms with Crippen molar-refractivity contribution in [1.29, 1.82) is 0 Å². The number of hydrogen-bond donors (Lipinski definition) is 1. The fourth-order valence-corrected chi connectivity index (χ4v) is 2.42. The van der Waals surface area contributed by atoms with Crippen LogP contribution in [0.15, 0.2) is 18.2 Å². The molecule has 1 rings (SSSR count). The van der Waals surface area contributed by atoms with Crippen LogP contribution in [0, 0.1) is 13.8 Å². The van der Waals surface area contributed by atoms with Gasteiger partial charge < -0.3 is 5.32 Å². The molecule has 0 saturated carbocycles. The van der Waals surface area contributed by atoms with Crippen molar-refractivity contribution >= 4 is 0 Å². The van der Waals surface area contributed by atoms with Crippen LogP contribution in [0.2, 0.25) is 0 Å². The maximum absolute atomic E-state index is 3.45. The molecule has 0 spiro atoms. The van der Waals surface area contributed by atoms with Crippen LogP contribution in [-0.4, -0.2) is 13.1 Å². The number of benzene rings is 1. The maximum Gasteiger partial charge on any atom is 0.0130 e. The smallest absolute Gasteiger partial charge is 0.0130 e. The van der Waals surface area contributed by atoms with Gasteiger partial charge in [-0.05, 0) is 44.4 Å². The van der Waals surface area contributed by atoms with E-state index in [1.54, 1.807) is 0 Å². The molecule has 1 heteroatoms. The lowest BCUT2D eigenvalue weighted by Crippen LogP contribution is -2.30. The summed E-state index contributed by atoms with van der Waals surface area (Å²) in [5, 5.41) is 3.45. The SMILES string of the molecule is CCCC(NC)C(C)c1cc(C)ccc1C. The molecule has 1 aromatic rings. The van der Waals surface area contributed by atoms with Gasteiger partial charge in [0.15, 0.2) is 0 Å². The predicted octanol–water partition coefficient (Wildman–Crippen LogP) is 3.80. The van der Waals surface area contributed by atoms with Gasteiger partial charge in [-0.1, -0.05) is 44.0 Å². The molecule has 2 atom stereocenters. The van der Waals surface area contributed by atoms with E-state index in [1.807, 2.05) is 0 Å². The topological polar surface area (TPSA) is 12.0 Å². The van der Waals surface area contributed by atoms with Gasteiger partial charge in [-0.3, -0.25) is 0 Å². The van der Waals surface area contributed by atoms with E-state index in [2.05, 4.69) is 58.3 Å². The van der Waals surface area contributed by atoms with Gasteiger partial charge in [-0.15, -0.1) is 0 Å². The molecule has 1 N–H and O–H groups in total. The Hall–Kier alpha value is -0.820. The van der Waals surface area contributed by atoms with Gasteiger partial charge in [0, 0.05) is 6.04 Å². The lowest BCUT2D eigenvalue weighted by molar-refractivity contribution is 0.450. The quantitative estimate of drug-likeness (QED) is 0.794. The van der Waals surface area contributed by atoms with E-state index in [9.17, 15) is 0 Å². The summed E-state index contributed by atoms with van der Waals surface area (Å²) in [7, 11) is 2.07. The Morgan fingerprint density at radius 3 is 2.50 bits per heavy atom. The molecule has 0 saturated heterocycles. The van der Waals surface area contributed by atoms with Crippen LogP contribution in [-0.2, 0) is 0 Å². The van der Waals surface area contributed by atoms with Crippen molar-refractivity contribution in [3.63, 3.8) is 0 Å². The van der Waals surface area contributed by atoms with E-state index in [0.717, 1.165) is 0 Å². The third-order valence-electron chi connectivity index (χ3n) is 3.50. The first-order valence-corrected chi connectivity index (χ1v) is 6.34. The Kier molecular flexibility index (Phi) is 5.01. The van der Waals surface area contributed by atoms with Crippen LogP contribution in [0.1, 0.15) is 49.3 Å². The third-order valence-corrected chi connectivity index (χ3v) is 3.50. The van der Waals surface area contributed by atoms with E-state index in [1.165, 1.54) is 29.5 Å². The highest BCUT2D eigenvalue weighted by Crippen LogP contribution is 2.25. The van der Waals surface area contributed by atoms with Gasteiger partial charge in [0.2, 0.25) is 0 Å². The van der Waals surface area contributed by atoms with Crippen molar-refractivity contribution in [3.05, 3.63) is 34.9 Å². The normalized spacial score (nSPS) is 14.8. The molecule has 0 bridgehead atoms. The van der Waals surface area contributed by atoms with Gasteiger partial charge in [0.1, 0.15) is 0 Å². The first-order valence-electron chi connectivity index (χ1n) is 6.34. The molecule has 0 aromatic heterocycles. The fraction of sp³-hybridized carbons (Fsp3) is 0.600. The van der Waals surface area contributed by atoms with Crippen LogP contribution < -0.4 is 5.32 Å². The third kappa shape index (κ3) is 3.08. The van der Waals surface area contributed by atoms with Gasteiger partial charge in [-0.2, -0.15) is 0 Å². The van der Waals surface area contributed by atoms with Crippen molar-refractivity contribution < 1.29 is 0 Å². The summed E-state index contributed by atoms with van der Waals surface area (Å²) in [6.45, 7) is 8.96. The lowest BCUT2D eigenvalue weighted by atomic mass is 9.87. The first-order chi connectivity index (χ1) is 7.60. The molecule has 1 aromatic carbocycles. The van der Waals surface area contributed by atoms with Crippen molar-refractivity contribution in [2.24, 2.45) is 0 Å². The molecular formula is C15H25N. The predicted molar refractivity (Wildman–Crippen MR) is 72.1 cm³/mol. The second kappa shape index (κ2) is 6.05. The molecule has 0 radical (unpaired) electrons. The van der Waals surface area contributed by atoms with Crippen LogP contribution in [0.25, 0.3) is 0 Å². The average Bonchev–Trinajstić information content (AvgIpc) is 2.28. The zero-order valence-electron chi connectivity index (χ0n) is 11.3. The molecular weight excluding hydrogens is 194 g/mol. The summed E-state index contributed by atoms with van der Waals surface area (Å²) in [6, 6.07) is 7.35. The number of likely N-dealkylation sites (N-methyl/N-ethyl adjacent to an activating group) is 1. The van der Waals surface area contributed by atoms with Crippen molar-refractivity contribution in [3.8, 4) is 0 Å². The summed E-state index contributed by atoms with van der Waals surface area (Å²) < 4.78 is 0. The molecule has 0 aliphatic heterocycles. The summed E-state index contributed by atoms with van der Waals surface area (Å²) in [6.07, 6.45) is 2.48. The van der Waals surface area contributed by atoms with Crippen LogP contribution in [0.5, 0.6) is 0 Å². The Labute approximate surface area is 100 Å². The summed E-state index contributed by atoms with van der Waals surface area (Å²) in [5.74, 6) is 0.588. The van der Waals surface area contributed by atoms with E-state index in [-0.39, 0.29) is 0 Å². The molecule has 0 fully saturated rings. The van der Waals surface area contributed by atoms with E-state index < -0.39 is 0 Å². The molecule has 90 valence electrons. The lowest BCUT2D eigenvalue weighted by Gasteiger charge is -2.25. The van der Waals surface area contributed by atoms with Crippen molar-refractivity contribution in [2.75, 3.05) is 7.05 Å². The molecule has 0 heterocycles. The minimum Gasteiger partial charge on any atom is -0.316 e. The largest absolute Gasteiger partial charge is 0.316 e. The average molecular weight is 219 g/mol. The van der Waals surface area contributed by atoms with Crippen LogP contribution >= 0.6 is 0 Å². The monoisotopic (exact) mass is 219 g/mol. The zero-order chi connectivity index (χ0) is 12.1. The Morgan fingerprint density at radius 2 is 1.94 bits per heavy atom. The van der Waals surface area contributed by atoms with E-state index >= 15 is 0 Å². The molecule has 2 unspecified atom stereocenters. The number of aryl methyl sites for hydroxylation is 2. The zero-order valence-corrected chi connectivity index (χ0v) is 11.3. The molecule has 16 heavy (non-hydrogen) atoms. The highest BCUT2D eigenvalue weighted by atomic mass is 14.9. The minimum atomic E-state index is 0.588. The number of rotatable bonds is 5. The van der Waals surface area contributed by atoms with Crippen molar-refractivity contribution in [2.45, 2.75) is 52.5 Å². The highest BCUT2D eigenvalue weighted by Gasteiger charge is 2.17. The number of nitrogens with one attached hydrogen (secondary N) is 1. The molecule has 0 amide bonds. The standard InChI is InChI=1S/C15H25N/c1-6-7-15(16-5)13(4)14-10-11(2)8-9-12(14)3/h8-10,13,15-16H,6-7H2,1-5H3. The Balaban J connectivity index is 2.93. The highest BCUT2D eigenvalue weighted by molar-refractivity contribution is 5.33. The van der Waals surface area contributed by atoms with E-state index in [4.69, 9.17) is 0 Å². The summed E-state index contributed by atoms with van der Waals surface area (Å²) >= 11 is 0. The Bertz CT molecular complexity index is 330. The number of hydrogen-bond acceptors (Lipinski definition) is 1. The van der Waals surface area contributed by atoms with Gasteiger partial charge >= 0.3 is 0 Å². The molecule has 0 aliphatic carbocycles. The van der Waals surface area contributed by atoms with Gasteiger partial charge in [-0.25, -0.2) is 0 Å². The fourth-order valence-electron chi connectivity index (χ4n) is 2.42. The molecule has 1 nitrogen and oxygen atoms in total. The second-order valence-electron chi connectivity index (χ2n) is 4.83. The summed E-state index contributed by atoms with van der Waals surface area (Å²) in [5.41, 5.74) is 4.26. The van der Waals surface area contributed by atoms with Crippen molar-refractivity contribution in [1.82, 2.24) is 5.32 Å².